The quantitative estimate of drug-likeness (QED) is 0.709. The molecule has 2 rings (SSSR count). The summed E-state index contributed by atoms with van der Waals surface area (Å²) in [6.07, 6.45) is 6.95. The highest BCUT2D eigenvalue weighted by atomic mass is 16.7. The van der Waals surface area contributed by atoms with Gasteiger partial charge in [0, 0.05) is 19.3 Å². The Balaban J connectivity index is 1.60. The van der Waals surface area contributed by atoms with Gasteiger partial charge in [0.15, 0.2) is 5.79 Å². The molecule has 0 unspecified atom stereocenters. The van der Waals surface area contributed by atoms with E-state index in [9.17, 15) is 4.79 Å². The fourth-order valence-electron chi connectivity index (χ4n) is 2.96. The standard InChI is InChI=1S/C14H24O4/c1-2-16-13(15)5-3-4-12-6-8-14(9-7-12)17-10-11-18-14/h12H,2-11H2,1H3. The van der Waals surface area contributed by atoms with Crippen LogP contribution in [0, 0.1) is 5.92 Å². The highest BCUT2D eigenvalue weighted by molar-refractivity contribution is 5.69. The summed E-state index contributed by atoms with van der Waals surface area (Å²) < 4.78 is 16.3. The van der Waals surface area contributed by atoms with Gasteiger partial charge in [-0.25, -0.2) is 0 Å². The number of hydrogen-bond acceptors (Lipinski definition) is 4. The van der Waals surface area contributed by atoms with Crippen molar-refractivity contribution in [1.82, 2.24) is 0 Å². The zero-order chi connectivity index (χ0) is 12.8. The van der Waals surface area contributed by atoms with Crippen LogP contribution in [0.5, 0.6) is 0 Å². The van der Waals surface area contributed by atoms with Crippen molar-refractivity contribution in [3.8, 4) is 0 Å². The van der Waals surface area contributed by atoms with Gasteiger partial charge >= 0.3 is 5.97 Å². The van der Waals surface area contributed by atoms with Crippen LogP contribution in [0.4, 0.5) is 0 Å². The molecule has 1 spiro atoms. The first-order chi connectivity index (χ1) is 8.74. The number of carbonyl (C=O) groups is 1. The monoisotopic (exact) mass is 256 g/mol. The second-order valence-corrected chi connectivity index (χ2v) is 5.25. The van der Waals surface area contributed by atoms with Crippen molar-refractivity contribution < 1.29 is 19.0 Å². The van der Waals surface area contributed by atoms with Gasteiger partial charge in [-0.3, -0.25) is 4.79 Å². The van der Waals surface area contributed by atoms with E-state index in [1.165, 1.54) is 0 Å². The molecular weight excluding hydrogens is 232 g/mol. The van der Waals surface area contributed by atoms with E-state index >= 15 is 0 Å². The van der Waals surface area contributed by atoms with Crippen LogP contribution in [0.15, 0.2) is 0 Å². The minimum absolute atomic E-state index is 0.0627. The average Bonchev–Trinajstić information content (AvgIpc) is 2.81. The molecule has 1 aliphatic carbocycles. The largest absolute Gasteiger partial charge is 0.466 e. The molecule has 2 aliphatic rings. The summed E-state index contributed by atoms with van der Waals surface area (Å²) in [7, 11) is 0. The van der Waals surface area contributed by atoms with Gasteiger partial charge < -0.3 is 14.2 Å². The fraction of sp³-hybridized carbons (Fsp3) is 0.929. The summed E-state index contributed by atoms with van der Waals surface area (Å²) >= 11 is 0. The molecule has 4 heteroatoms. The SMILES string of the molecule is CCOC(=O)CCCC1CCC2(CC1)OCCO2. The van der Waals surface area contributed by atoms with Crippen LogP contribution in [0.3, 0.4) is 0 Å². The molecule has 0 aromatic rings. The van der Waals surface area contributed by atoms with Crippen LogP contribution in [-0.4, -0.2) is 31.6 Å². The summed E-state index contributed by atoms with van der Waals surface area (Å²) in [6, 6.07) is 0. The topological polar surface area (TPSA) is 44.8 Å². The van der Waals surface area contributed by atoms with E-state index < -0.39 is 0 Å². The van der Waals surface area contributed by atoms with Gasteiger partial charge in [0.25, 0.3) is 0 Å². The van der Waals surface area contributed by atoms with E-state index in [0.717, 1.165) is 57.7 Å². The molecular formula is C14H24O4. The maximum absolute atomic E-state index is 11.2. The summed E-state index contributed by atoms with van der Waals surface area (Å²) in [5.74, 6) is 0.405. The van der Waals surface area contributed by atoms with Crippen molar-refractivity contribution in [2.75, 3.05) is 19.8 Å². The van der Waals surface area contributed by atoms with Crippen LogP contribution >= 0.6 is 0 Å². The molecule has 0 aromatic carbocycles. The smallest absolute Gasteiger partial charge is 0.305 e. The van der Waals surface area contributed by atoms with E-state index in [0.29, 0.717) is 13.0 Å². The zero-order valence-corrected chi connectivity index (χ0v) is 11.3. The van der Waals surface area contributed by atoms with E-state index in [2.05, 4.69) is 0 Å². The Morgan fingerprint density at radius 2 is 1.94 bits per heavy atom. The Morgan fingerprint density at radius 1 is 1.28 bits per heavy atom. The molecule has 2 fully saturated rings. The lowest BCUT2D eigenvalue weighted by Gasteiger charge is -2.35. The predicted molar refractivity (Wildman–Crippen MR) is 67.1 cm³/mol. The van der Waals surface area contributed by atoms with Gasteiger partial charge in [-0.1, -0.05) is 0 Å². The summed E-state index contributed by atoms with van der Waals surface area (Å²) in [6.45, 7) is 3.82. The molecule has 1 heterocycles. The molecule has 0 radical (unpaired) electrons. The first-order valence-electron chi connectivity index (χ1n) is 7.18. The minimum atomic E-state index is -0.252. The lowest BCUT2D eigenvalue weighted by atomic mass is 9.82. The van der Waals surface area contributed by atoms with Crippen molar-refractivity contribution in [2.24, 2.45) is 5.92 Å². The Hall–Kier alpha value is -0.610. The summed E-state index contributed by atoms with van der Waals surface area (Å²) in [5.41, 5.74) is 0. The molecule has 1 saturated heterocycles. The van der Waals surface area contributed by atoms with Crippen molar-refractivity contribution >= 4 is 5.97 Å². The summed E-state index contributed by atoms with van der Waals surface area (Å²) in [4.78, 5) is 11.2. The maximum atomic E-state index is 11.2. The Labute approximate surface area is 109 Å². The van der Waals surface area contributed by atoms with Gasteiger partial charge in [-0.15, -0.1) is 0 Å². The lowest BCUT2D eigenvalue weighted by molar-refractivity contribution is -0.182. The Morgan fingerprint density at radius 3 is 2.56 bits per heavy atom. The average molecular weight is 256 g/mol. The van der Waals surface area contributed by atoms with Crippen molar-refractivity contribution in [1.29, 1.82) is 0 Å². The van der Waals surface area contributed by atoms with Gasteiger partial charge in [-0.2, -0.15) is 0 Å². The Kier molecular flexibility index (Phi) is 5.01. The highest BCUT2D eigenvalue weighted by Gasteiger charge is 2.39. The van der Waals surface area contributed by atoms with Crippen molar-refractivity contribution in [2.45, 2.75) is 57.7 Å². The highest BCUT2D eigenvalue weighted by Crippen LogP contribution is 2.39. The molecule has 0 N–H and O–H groups in total. The predicted octanol–water partition coefficient (Wildman–Crippen LogP) is 2.65. The second-order valence-electron chi connectivity index (χ2n) is 5.25. The van der Waals surface area contributed by atoms with Crippen molar-refractivity contribution in [3.63, 3.8) is 0 Å². The third-order valence-electron chi connectivity index (χ3n) is 3.98. The van der Waals surface area contributed by atoms with E-state index in [-0.39, 0.29) is 11.8 Å². The van der Waals surface area contributed by atoms with Crippen LogP contribution in [0.1, 0.15) is 51.9 Å². The van der Waals surface area contributed by atoms with Crippen LogP contribution < -0.4 is 0 Å². The molecule has 0 amide bonds. The van der Waals surface area contributed by atoms with E-state index in [1.807, 2.05) is 6.92 Å². The maximum Gasteiger partial charge on any atom is 0.305 e. The molecule has 1 aliphatic heterocycles. The number of hydrogen-bond donors (Lipinski definition) is 0. The Bertz CT molecular complexity index is 261. The van der Waals surface area contributed by atoms with Gasteiger partial charge in [0.1, 0.15) is 0 Å². The van der Waals surface area contributed by atoms with Crippen LogP contribution in [-0.2, 0) is 19.0 Å². The second kappa shape index (κ2) is 6.53. The normalized spacial score (nSPS) is 23.4. The van der Waals surface area contributed by atoms with Crippen LogP contribution in [0.2, 0.25) is 0 Å². The first-order valence-corrected chi connectivity index (χ1v) is 7.18. The minimum Gasteiger partial charge on any atom is -0.466 e. The zero-order valence-electron chi connectivity index (χ0n) is 11.3. The lowest BCUT2D eigenvalue weighted by Crippen LogP contribution is -2.35. The summed E-state index contributed by atoms with van der Waals surface area (Å²) in [5, 5.41) is 0. The van der Waals surface area contributed by atoms with E-state index in [4.69, 9.17) is 14.2 Å². The number of ether oxygens (including phenoxy) is 3. The number of carbonyl (C=O) groups excluding carboxylic acids is 1. The molecule has 0 atom stereocenters. The van der Waals surface area contributed by atoms with Crippen molar-refractivity contribution in [3.05, 3.63) is 0 Å². The van der Waals surface area contributed by atoms with Gasteiger partial charge in [0.05, 0.1) is 19.8 Å². The molecule has 0 bridgehead atoms. The molecule has 4 nitrogen and oxygen atoms in total. The third kappa shape index (κ3) is 3.69. The molecule has 18 heavy (non-hydrogen) atoms. The third-order valence-corrected chi connectivity index (χ3v) is 3.98. The fourth-order valence-corrected chi connectivity index (χ4v) is 2.96. The first kappa shape index (κ1) is 13.8. The molecule has 1 saturated carbocycles. The van der Waals surface area contributed by atoms with Gasteiger partial charge in [0.2, 0.25) is 0 Å². The van der Waals surface area contributed by atoms with Gasteiger partial charge in [-0.05, 0) is 38.5 Å². The van der Waals surface area contributed by atoms with E-state index in [1.54, 1.807) is 0 Å². The molecule has 0 aromatic heterocycles. The number of rotatable bonds is 5. The van der Waals surface area contributed by atoms with Crippen LogP contribution in [0.25, 0.3) is 0 Å². The molecule has 104 valence electrons. The number of esters is 1.